The number of hydrogen-bond donors (Lipinski definition) is 12. The van der Waals surface area contributed by atoms with Crippen LogP contribution in [0.2, 0.25) is 0 Å². The molecule has 364 valence electrons. The molecule has 0 spiro atoms. The van der Waals surface area contributed by atoms with Gasteiger partial charge in [0.15, 0.2) is 5.96 Å². The Labute approximate surface area is 381 Å². The van der Waals surface area contributed by atoms with Gasteiger partial charge in [0, 0.05) is 56.3 Å². The second-order valence-electron chi connectivity index (χ2n) is 17.1. The predicted octanol–water partition coefficient (Wildman–Crippen LogP) is -3.76. The number of nitrogens with one attached hydrogen (secondary N) is 7. The Hall–Kier alpha value is -6.63. The number of nitrogens with zero attached hydrogens (tertiary/aromatic N) is 5. The Morgan fingerprint density at radius 3 is 1.73 bits per heavy atom. The van der Waals surface area contributed by atoms with E-state index < -0.39 is 102 Å². The first-order valence-electron chi connectivity index (χ1n) is 22.1. The molecule has 15 N–H and O–H groups in total. The van der Waals surface area contributed by atoms with Gasteiger partial charge in [-0.1, -0.05) is 13.8 Å². The number of carbonyl (C=O) groups is 8. The molecule has 7 amide bonds. The summed E-state index contributed by atoms with van der Waals surface area (Å²) >= 11 is 0. The number of rotatable bonds is 24. The van der Waals surface area contributed by atoms with Gasteiger partial charge >= 0.3 is 5.97 Å². The van der Waals surface area contributed by atoms with Gasteiger partial charge in [-0.05, 0) is 64.7 Å². The fourth-order valence-corrected chi connectivity index (χ4v) is 7.78. The van der Waals surface area contributed by atoms with Crippen molar-refractivity contribution in [1.82, 2.24) is 56.3 Å². The van der Waals surface area contributed by atoms with Gasteiger partial charge in [-0.15, -0.1) is 0 Å². The van der Waals surface area contributed by atoms with Crippen molar-refractivity contribution in [1.29, 1.82) is 0 Å². The summed E-state index contributed by atoms with van der Waals surface area (Å²) in [6.07, 6.45) is 6.21. The molecule has 4 rings (SSSR count). The maximum absolute atomic E-state index is 14.4. The van der Waals surface area contributed by atoms with Crippen LogP contribution in [0.25, 0.3) is 0 Å². The molecule has 0 saturated carbocycles. The topological polar surface area (TPSA) is 391 Å². The summed E-state index contributed by atoms with van der Waals surface area (Å²) in [5.74, 6) is -6.31. The molecule has 2 fully saturated rings. The molecule has 0 aromatic carbocycles. The van der Waals surface area contributed by atoms with Gasteiger partial charge in [-0.2, -0.15) is 0 Å². The van der Waals surface area contributed by atoms with Crippen LogP contribution in [0.4, 0.5) is 0 Å². The lowest BCUT2D eigenvalue weighted by Gasteiger charge is -2.32. The summed E-state index contributed by atoms with van der Waals surface area (Å²) in [7, 11) is 0. The Bertz CT molecular complexity index is 2010. The zero-order valence-electron chi connectivity index (χ0n) is 37.7. The van der Waals surface area contributed by atoms with Crippen molar-refractivity contribution in [2.24, 2.45) is 28.1 Å². The minimum atomic E-state index is -1.33. The number of carboxylic acid groups (broad SMARTS) is 1. The van der Waals surface area contributed by atoms with Crippen molar-refractivity contribution < 1.29 is 48.6 Å². The van der Waals surface area contributed by atoms with E-state index in [0.29, 0.717) is 24.2 Å². The lowest BCUT2D eigenvalue weighted by Crippen LogP contribution is -2.60. The summed E-state index contributed by atoms with van der Waals surface area (Å²) in [4.78, 5) is 129. The van der Waals surface area contributed by atoms with Crippen molar-refractivity contribution in [2.45, 2.75) is 140 Å². The number of guanidine groups is 1. The van der Waals surface area contributed by atoms with Crippen molar-refractivity contribution in [3.05, 3.63) is 36.4 Å². The number of amides is 7. The van der Waals surface area contributed by atoms with E-state index in [2.05, 4.69) is 51.5 Å². The Morgan fingerprint density at radius 1 is 0.742 bits per heavy atom. The minimum absolute atomic E-state index is 0.0275. The summed E-state index contributed by atoms with van der Waals surface area (Å²) in [6.45, 7) is 6.76. The molecule has 2 aromatic heterocycles. The fourth-order valence-electron chi connectivity index (χ4n) is 7.78. The van der Waals surface area contributed by atoms with Gasteiger partial charge in [0.05, 0.1) is 18.8 Å². The van der Waals surface area contributed by atoms with E-state index in [4.69, 9.17) is 17.2 Å². The van der Waals surface area contributed by atoms with E-state index in [1.54, 1.807) is 0 Å². The number of carboxylic acids is 1. The quantitative estimate of drug-likeness (QED) is 0.0273. The van der Waals surface area contributed by atoms with Gasteiger partial charge in [-0.3, -0.25) is 43.3 Å². The molecule has 66 heavy (non-hydrogen) atoms. The van der Waals surface area contributed by atoms with Crippen molar-refractivity contribution in [3.63, 3.8) is 0 Å². The molecule has 0 bridgehead atoms. The fraction of sp³-hybridized carbons (Fsp3) is 0.634. The first kappa shape index (κ1) is 52.0. The third-order valence-electron chi connectivity index (χ3n) is 11.3. The number of imidazole rings is 2. The van der Waals surface area contributed by atoms with E-state index in [0.717, 1.165) is 0 Å². The molecule has 2 aliphatic rings. The zero-order valence-corrected chi connectivity index (χ0v) is 37.7. The summed E-state index contributed by atoms with van der Waals surface area (Å²) in [5.41, 5.74) is 17.7. The lowest BCUT2D eigenvalue weighted by molar-refractivity contribution is -0.144. The Morgan fingerprint density at radius 2 is 1.24 bits per heavy atom. The number of carbonyl (C=O) groups excluding carboxylic acids is 7. The van der Waals surface area contributed by atoms with Gasteiger partial charge < -0.3 is 73.8 Å². The minimum Gasteiger partial charge on any atom is -0.480 e. The van der Waals surface area contributed by atoms with Gasteiger partial charge in [0.25, 0.3) is 0 Å². The molecular weight excluding hydrogens is 863 g/mol. The molecule has 4 heterocycles. The maximum Gasteiger partial charge on any atom is 0.325 e. The standard InChI is InChI=1S/C41H65N15O10/c1-21(2)14-28(38(63)55-12-6-9-30(55)35(60)51-26(8-5-11-47-41(43)44)33(58)50-22(3)40(65)66)53-34(59)27(15-24-17-45-19-48-24)52-36(61)31-10-7-13-56(31)39(64)29(16-25-18-46-20-49-25)54-37(62)32(42)23(4)57/h17-23,26-32,57H,5-16,42H2,1-4H3,(H,45,48)(H,46,49)(H,50,58)(H,51,60)(H,52,61)(H,53,59)(H,54,62)(H,65,66)(H4,43,44,47)/t22-,23+,26-,27-,28-,29-,30-,31-,32-/m0/s1. The highest BCUT2D eigenvalue weighted by molar-refractivity contribution is 5.98. The molecule has 9 atom stereocenters. The van der Waals surface area contributed by atoms with Crippen LogP contribution in [0.3, 0.4) is 0 Å². The first-order chi connectivity index (χ1) is 31.3. The van der Waals surface area contributed by atoms with Crippen molar-refractivity contribution in [3.8, 4) is 0 Å². The maximum atomic E-state index is 14.4. The highest BCUT2D eigenvalue weighted by atomic mass is 16.4. The zero-order chi connectivity index (χ0) is 48.7. The Balaban J connectivity index is 1.52. The summed E-state index contributed by atoms with van der Waals surface area (Å²) < 4.78 is 0. The number of aromatic nitrogens is 4. The molecule has 0 radical (unpaired) electrons. The molecule has 0 unspecified atom stereocenters. The molecule has 2 saturated heterocycles. The number of H-pyrrole nitrogens is 2. The number of likely N-dealkylation sites (tertiary alicyclic amines) is 2. The van der Waals surface area contributed by atoms with Crippen molar-refractivity contribution in [2.75, 3.05) is 19.6 Å². The predicted molar refractivity (Wildman–Crippen MR) is 236 cm³/mol. The van der Waals surface area contributed by atoms with Crippen LogP contribution in [0.15, 0.2) is 30.0 Å². The third kappa shape index (κ3) is 15.0. The third-order valence-corrected chi connectivity index (χ3v) is 11.3. The molecule has 2 aliphatic heterocycles. The number of aliphatic carboxylic acids is 1. The van der Waals surface area contributed by atoms with Gasteiger partial charge in [-0.25, -0.2) is 9.97 Å². The number of aromatic amines is 2. The highest BCUT2D eigenvalue weighted by Crippen LogP contribution is 2.23. The molecule has 25 nitrogen and oxygen atoms in total. The second kappa shape index (κ2) is 24.6. The van der Waals surface area contributed by atoms with Crippen LogP contribution < -0.4 is 43.8 Å². The highest BCUT2D eigenvalue weighted by Gasteiger charge is 2.42. The van der Waals surface area contributed by atoms with Crippen LogP contribution in [-0.2, 0) is 51.2 Å². The van der Waals surface area contributed by atoms with E-state index >= 15 is 0 Å². The molecule has 0 aliphatic carbocycles. The van der Waals surface area contributed by atoms with Crippen LogP contribution in [0, 0.1) is 5.92 Å². The first-order valence-corrected chi connectivity index (χ1v) is 22.1. The smallest absolute Gasteiger partial charge is 0.325 e. The average molecular weight is 928 g/mol. The normalized spacial score (nSPS) is 19.1. The van der Waals surface area contributed by atoms with Crippen LogP contribution in [0.5, 0.6) is 0 Å². The van der Waals surface area contributed by atoms with Crippen LogP contribution >= 0.6 is 0 Å². The summed E-state index contributed by atoms with van der Waals surface area (Å²) in [5, 5.41) is 32.5. The average Bonchev–Trinajstić information content (AvgIpc) is 4.11. The number of hydrogen-bond acceptors (Lipinski definition) is 13. The van der Waals surface area contributed by atoms with E-state index in [1.165, 1.54) is 48.7 Å². The molecule has 2 aromatic rings. The van der Waals surface area contributed by atoms with Gasteiger partial charge in [0.1, 0.15) is 48.3 Å². The van der Waals surface area contributed by atoms with Crippen LogP contribution in [-0.4, -0.2) is 167 Å². The van der Waals surface area contributed by atoms with E-state index in [1.807, 2.05) is 13.8 Å². The largest absolute Gasteiger partial charge is 0.480 e. The number of aliphatic imine (C=N–C) groups is 1. The lowest BCUT2D eigenvalue weighted by atomic mass is 10.0. The molecule has 25 heteroatoms. The van der Waals surface area contributed by atoms with Crippen molar-refractivity contribution >= 4 is 53.3 Å². The van der Waals surface area contributed by atoms with E-state index in [-0.39, 0.29) is 76.5 Å². The van der Waals surface area contributed by atoms with Gasteiger partial charge in [0.2, 0.25) is 41.4 Å². The Kier molecular flexibility index (Phi) is 19.4. The molecular formula is C41H65N15O10. The van der Waals surface area contributed by atoms with Crippen LogP contribution in [0.1, 0.15) is 84.0 Å². The van der Waals surface area contributed by atoms with E-state index in [9.17, 15) is 48.6 Å². The SMILES string of the molecule is CC(C)C[C@H](NC(=O)[C@H](Cc1cnc[nH]1)NC(=O)[C@@H]1CCCN1C(=O)[C@H](Cc1cnc[nH]1)NC(=O)[C@@H](N)[C@@H](C)O)C(=O)N1CCC[C@H]1C(=O)N[C@@H](CCCN=C(N)N)C(=O)N[C@@H](C)C(=O)O. The summed E-state index contributed by atoms with van der Waals surface area (Å²) in [6, 6.07) is -9.51. The number of nitrogens with two attached hydrogens (primary N) is 3. The monoisotopic (exact) mass is 928 g/mol. The second-order valence-corrected chi connectivity index (χ2v) is 17.1. The number of aliphatic hydroxyl groups is 1. The number of aliphatic hydroxyl groups excluding tert-OH is 1.